The maximum Gasteiger partial charge on any atom is 0.324 e. The molecular weight excluding hydrogens is 378 g/mol. The first-order valence-electron chi connectivity index (χ1n) is 9.13. The first-order valence-corrected chi connectivity index (χ1v) is 10.6. The highest BCUT2D eigenvalue weighted by molar-refractivity contribution is 7.89. The maximum absolute atomic E-state index is 13.0. The summed E-state index contributed by atoms with van der Waals surface area (Å²) in [5, 5.41) is 0. The second-order valence-electron chi connectivity index (χ2n) is 6.89. The Labute approximate surface area is 163 Å². The van der Waals surface area contributed by atoms with Crippen LogP contribution < -0.4 is 0 Å². The van der Waals surface area contributed by atoms with Gasteiger partial charge in [-0.15, -0.1) is 0 Å². The van der Waals surface area contributed by atoms with Crippen LogP contribution in [0.5, 0.6) is 0 Å². The fourth-order valence-electron chi connectivity index (χ4n) is 3.41. The van der Waals surface area contributed by atoms with Crippen molar-refractivity contribution in [2.75, 3.05) is 6.54 Å². The molecule has 0 bridgehead atoms. The highest BCUT2D eigenvalue weighted by Crippen LogP contribution is 2.27. The number of aromatic nitrogens is 2. The van der Waals surface area contributed by atoms with Gasteiger partial charge in [0.15, 0.2) is 0 Å². The zero-order valence-corrected chi connectivity index (χ0v) is 16.3. The van der Waals surface area contributed by atoms with Crippen LogP contribution >= 0.6 is 0 Å². The number of sulfonamides is 1. The number of rotatable bonds is 5. The van der Waals surface area contributed by atoms with Gasteiger partial charge < -0.3 is 9.14 Å². The lowest BCUT2D eigenvalue weighted by atomic mass is 10.2. The highest BCUT2D eigenvalue weighted by atomic mass is 32.2. The molecule has 1 aromatic carbocycles. The number of fused-ring (bicyclic) bond motifs is 1. The minimum Gasteiger partial charge on any atom is -0.458 e. The number of aryl methyl sites for hydroxylation is 1. The fraction of sp³-hybridized carbons (Fsp3) is 0.300. The van der Waals surface area contributed by atoms with E-state index in [2.05, 4.69) is 4.98 Å². The van der Waals surface area contributed by atoms with Gasteiger partial charge in [0.2, 0.25) is 10.0 Å². The van der Waals surface area contributed by atoms with Gasteiger partial charge in [-0.2, -0.15) is 4.31 Å². The van der Waals surface area contributed by atoms with Gasteiger partial charge in [-0.1, -0.05) is 23.8 Å². The summed E-state index contributed by atoms with van der Waals surface area (Å²) in [6.07, 6.45) is 4.73. The Morgan fingerprint density at radius 3 is 2.75 bits per heavy atom. The number of imidazole rings is 1. The summed E-state index contributed by atoms with van der Waals surface area (Å²) in [5.74, 6) is -0.537. The van der Waals surface area contributed by atoms with Crippen LogP contribution in [0.2, 0.25) is 0 Å². The van der Waals surface area contributed by atoms with E-state index < -0.39 is 22.0 Å². The Balaban J connectivity index is 1.47. The summed E-state index contributed by atoms with van der Waals surface area (Å²) in [5.41, 5.74) is 2.35. The number of hydrogen-bond donors (Lipinski definition) is 0. The SMILES string of the molecule is Cc1ccc(S(=O)(=O)N2CCC[C@H]2C(=O)OCc2cn3ccccc3n2)cc1. The van der Waals surface area contributed by atoms with Crippen molar-refractivity contribution in [3.8, 4) is 0 Å². The number of pyridine rings is 1. The van der Waals surface area contributed by atoms with Crippen molar-refractivity contribution in [3.63, 3.8) is 0 Å². The van der Waals surface area contributed by atoms with Crippen LogP contribution in [0.3, 0.4) is 0 Å². The number of nitrogens with zero attached hydrogens (tertiary/aromatic N) is 3. The number of ether oxygens (including phenoxy) is 1. The van der Waals surface area contributed by atoms with Crippen LogP contribution in [0.4, 0.5) is 0 Å². The first kappa shape index (κ1) is 18.6. The van der Waals surface area contributed by atoms with Gasteiger partial charge in [0.25, 0.3) is 0 Å². The van der Waals surface area contributed by atoms with Crippen molar-refractivity contribution in [2.24, 2.45) is 0 Å². The van der Waals surface area contributed by atoms with Gasteiger partial charge in [0.05, 0.1) is 10.6 Å². The molecule has 0 N–H and O–H groups in total. The Hall–Kier alpha value is -2.71. The predicted molar refractivity (Wildman–Crippen MR) is 103 cm³/mol. The zero-order chi connectivity index (χ0) is 19.7. The molecule has 3 heterocycles. The number of esters is 1. The van der Waals surface area contributed by atoms with E-state index in [0.717, 1.165) is 11.2 Å². The van der Waals surface area contributed by atoms with E-state index in [1.807, 2.05) is 35.7 Å². The largest absolute Gasteiger partial charge is 0.458 e. The number of carbonyl (C=O) groups is 1. The zero-order valence-electron chi connectivity index (χ0n) is 15.5. The fourth-order valence-corrected chi connectivity index (χ4v) is 5.05. The molecule has 2 aromatic heterocycles. The van der Waals surface area contributed by atoms with Crippen molar-refractivity contribution in [1.82, 2.24) is 13.7 Å². The van der Waals surface area contributed by atoms with E-state index >= 15 is 0 Å². The molecule has 0 radical (unpaired) electrons. The Morgan fingerprint density at radius 2 is 2.00 bits per heavy atom. The lowest BCUT2D eigenvalue weighted by molar-refractivity contribution is -0.148. The van der Waals surface area contributed by atoms with Crippen molar-refractivity contribution in [2.45, 2.75) is 37.3 Å². The van der Waals surface area contributed by atoms with E-state index in [-0.39, 0.29) is 11.5 Å². The van der Waals surface area contributed by atoms with Crippen molar-refractivity contribution in [3.05, 3.63) is 66.1 Å². The molecule has 1 aliphatic heterocycles. The predicted octanol–water partition coefficient (Wildman–Crippen LogP) is 2.54. The summed E-state index contributed by atoms with van der Waals surface area (Å²) >= 11 is 0. The van der Waals surface area contributed by atoms with Crippen LogP contribution in [-0.2, 0) is 26.2 Å². The first-order chi connectivity index (χ1) is 13.4. The summed E-state index contributed by atoms with van der Waals surface area (Å²) in [6, 6.07) is 11.5. The Bertz CT molecular complexity index is 1070. The second-order valence-corrected chi connectivity index (χ2v) is 8.78. The van der Waals surface area contributed by atoms with Gasteiger partial charge in [0, 0.05) is 18.9 Å². The molecule has 146 valence electrons. The quantitative estimate of drug-likeness (QED) is 0.616. The van der Waals surface area contributed by atoms with Crippen LogP contribution in [0.25, 0.3) is 5.65 Å². The molecule has 1 atom stereocenters. The molecule has 1 fully saturated rings. The molecule has 4 rings (SSSR count). The summed E-state index contributed by atoms with van der Waals surface area (Å²) in [6.45, 7) is 2.21. The third kappa shape index (κ3) is 3.53. The van der Waals surface area contributed by atoms with Gasteiger partial charge >= 0.3 is 5.97 Å². The minimum absolute atomic E-state index is 0.00936. The smallest absolute Gasteiger partial charge is 0.324 e. The van der Waals surface area contributed by atoms with Gasteiger partial charge in [0.1, 0.15) is 18.3 Å². The average Bonchev–Trinajstić information content (AvgIpc) is 3.33. The third-order valence-corrected chi connectivity index (χ3v) is 6.80. The molecule has 0 amide bonds. The maximum atomic E-state index is 13.0. The van der Waals surface area contributed by atoms with E-state index in [9.17, 15) is 13.2 Å². The normalized spacial score (nSPS) is 17.8. The van der Waals surface area contributed by atoms with Gasteiger partial charge in [-0.3, -0.25) is 4.79 Å². The monoisotopic (exact) mass is 399 g/mol. The number of hydrogen-bond acceptors (Lipinski definition) is 5. The summed E-state index contributed by atoms with van der Waals surface area (Å²) in [7, 11) is -3.74. The van der Waals surface area contributed by atoms with E-state index in [1.54, 1.807) is 30.5 Å². The van der Waals surface area contributed by atoms with Crippen LogP contribution in [0.1, 0.15) is 24.1 Å². The third-order valence-electron chi connectivity index (χ3n) is 4.88. The molecule has 0 spiro atoms. The standard InChI is InChI=1S/C20H21N3O4S/c1-15-7-9-17(10-8-15)28(25,26)23-12-4-5-18(23)20(24)27-14-16-13-22-11-3-2-6-19(22)21-16/h2-3,6-11,13,18H,4-5,12,14H2,1H3/t18-/m0/s1. The number of carbonyl (C=O) groups excluding carboxylic acids is 1. The highest BCUT2D eigenvalue weighted by Gasteiger charge is 2.40. The van der Waals surface area contributed by atoms with Crippen molar-refractivity contribution >= 4 is 21.6 Å². The number of benzene rings is 1. The van der Waals surface area contributed by atoms with Crippen molar-refractivity contribution in [1.29, 1.82) is 0 Å². The molecule has 0 unspecified atom stereocenters. The summed E-state index contributed by atoms with van der Waals surface area (Å²) in [4.78, 5) is 17.2. The lowest BCUT2D eigenvalue weighted by Gasteiger charge is -2.22. The molecule has 7 nitrogen and oxygen atoms in total. The van der Waals surface area contributed by atoms with Crippen molar-refractivity contribution < 1.29 is 17.9 Å². The van der Waals surface area contributed by atoms with Gasteiger partial charge in [-0.05, 0) is 44.0 Å². The molecule has 3 aromatic rings. The van der Waals surface area contributed by atoms with Gasteiger partial charge in [-0.25, -0.2) is 13.4 Å². The minimum atomic E-state index is -3.74. The Kier molecular flexibility index (Phi) is 4.91. The average molecular weight is 399 g/mol. The Morgan fingerprint density at radius 1 is 1.21 bits per heavy atom. The summed E-state index contributed by atoms with van der Waals surface area (Å²) < 4.78 is 34.4. The molecule has 0 saturated carbocycles. The molecule has 28 heavy (non-hydrogen) atoms. The van der Waals surface area contributed by atoms with Crippen LogP contribution in [-0.4, -0.2) is 40.7 Å². The van der Waals surface area contributed by atoms with E-state index in [0.29, 0.717) is 25.1 Å². The van der Waals surface area contributed by atoms with Crippen LogP contribution in [0.15, 0.2) is 59.8 Å². The lowest BCUT2D eigenvalue weighted by Crippen LogP contribution is -2.41. The topological polar surface area (TPSA) is 81.0 Å². The van der Waals surface area contributed by atoms with E-state index in [4.69, 9.17) is 4.74 Å². The molecule has 1 aliphatic rings. The molecular formula is C20H21N3O4S. The molecule has 8 heteroatoms. The van der Waals surface area contributed by atoms with E-state index in [1.165, 1.54) is 4.31 Å². The molecule has 0 aliphatic carbocycles. The second kappa shape index (κ2) is 7.37. The van der Waals surface area contributed by atoms with Crippen LogP contribution in [0, 0.1) is 6.92 Å². The molecule has 1 saturated heterocycles.